The summed E-state index contributed by atoms with van der Waals surface area (Å²) in [6.45, 7) is 3.00. The molecule has 106 valence electrons. The molecular formula is C13H20N2O3S. The van der Waals surface area contributed by atoms with Gasteiger partial charge in [-0.3, -0.25) is 0 Å². The molecule has 1 heterocycles. The molecule has 1 aliphatic rings. The summed E-state index contributed by atoms with van der Waals surface area (Å²) in [6, 6.07) is 4.95. The average molecular weight is 284 g/mol. The first-order valence-electron chi connectivity index (χ1n) is 6.39. The summed E-state index contributed by atoms with van der Waals surface area (Å²) in [5.74, 6) is 0. The van der Waals surface area contributed by atoms with Crippen molar-refractivity contribution < 1.29 is 13.5 Å². The van der Waals surface area contributed by atoms with E-state index in [2.05, 4.69) is 5.32 Å². The van der Waals surface area contributed by atoms with Crippen molar-refractivity contribution in [3.05, 3.63) is 29.3 Å². The number of nitrogens with zero attached hydrogens (tertiary/aromatic N) is 1. The van der Waals surface area contributed by atoms with E-state index < -0.39 is 16.1 Å². The molecule has 0 radical (unpaired) electrons. The number of hydrogen-bond acceptors (Lipinski definition) is 4. The Balaban J connectivity index is 2.46. The van der Waals surface area contributed by atoms with Gasteiger partial charge < -0.3 is 10.4 Å². The second-order valence-corrected chi connectivity index (χ2v) is 6.84. The Hall–Kier alpha value is -0.950. The van der Waals surface area contributed by atoms with Crippen molar-refractivity contribution in [1.29, 1.82) is 0 Å². The number of aliphatic hydroxyl groups excluding tert-OH is 1. The largest absolute Gasteiger partial charge is 0.395 e. The third kappa shape index (κ3) is 2.67. The van der Waals surface area contributed by atoms with E-state index >= 15 is 0 Å². The molecule has 1 aliphatic heterocycles. The van der Waals surface area contributed by atoms with Gasteiger partial charge in [-0.1, -0.05) is 12.1 Å². The van der Waals surface area contributed by atoms with Crippen LogP contribution in [0, 0.1) is 0 Å². The molecule has 2 rings (SSSR count). The number of sulfonamides is 1. The van der Waals surface area contributed by atoms with Gasteiger partial charge in [0.2, 0.25) is 10.0 Å². The van der Waals surface area contributed by atoms with Gasteiger partial charge in [0.05, 0.1) is 11.5 Å². The maximum Gasteiger partial charge on any atom is 0.243 e. The minimum absolute atomic E-state index is 0.188. The van der Waals surface area contributed by atoms with Crippen molar-refractivity contribution in [1.82, 2.24) is 9.62 Å². The highest BCUT2D eigenvalue weighted by atomic mass is 32.2. The van der Waals surface area contributed by atoms with Crippen LogP contribution in [0.3, 0.4) is 0 Å². The van der Waals surface area contributed by atoms with Crippen molar-refractivity contribution in [3.8, 4) is 0 Å². The monoisotopic (exact) mass is 284 g/mol. The third-order valence-corrected chi connectivity index (χ3v) is 5.70. The lowest BCUT2D eigenvalue weighted by Crippen LogP contribution is -2.38. The molecule has 0 aromatic heterocycles. The lowest BCUT2D eigenvalue weighted by molar-refractivity contribution is 0.213. The fraction of sp³-hybridized carbons (Fsp3) is 0.538. The standard InChI is InChI=1S/C13H20N2O3S/c1-10(9-16)15(2)19(17,18)13-5-3-4-11-8-14-7-6-12(11)13/h3-5,10,14,16H,6-9H2,1-2H3. The molecule has 0 aliphatic carbocycles. The molecule has 0 fully saturated rings. The van der Waals surface area contributed by atoms with E-state index in [9.17, 15) is 8.42 Å². The molecule has 1 unspecified atom stereocenters. The molecule has 0 saturated carbocycles. The molecule has 2 N–H and O–H groups in total. The molecule has 1 aromatic carbocycles. The number of rotatable bonds is 4. The van der Waals surface area contributed by atoms with E-state index in [0.717, 1.165) is 17.7 Å². The van der Waals surface area contributed by atoms with Crippen molar-refractivity contribution in [3.63, 3.8) is 0 Å². The summed E-state index contributed by atoms with van der Waals surface area (Å²) in [5, 5.41) is 12.4. The van der Waals surface area contributed by atoms with Crippen LogP contribution in [0.1, 0.15) is 18.1 Å². The SMILES string of the molecule is CC(CO)N(C)S(=O)(=O)c1cccc2c1CCNC2. The number of likely N-dealkylation sites (N-methyl/N-ethyl adjacent to an activating group) is 1. The number of fused-ring (bicyclic) bond motifs is 1. The first-order chi connectivity index (χ1) is 8.98. The van der Waals surface area contributed by atoms with Crippen LogP contribution in [-0.4, -0.2) is 44.1 Å². The van der Waals surface area contributed by atoms with Crippen molar-refractivity contribution in [2.24, 2.45) is 0 Å². The highest BCUT2D eigenvalue weighted by Gasteiger charge is 2.28. The summed E-state index contributed by atoms with van der Waals surface area (Å²) >= 11 is 0. The van der Waals surface area contributed by atoms with Crippen LogP contribution in [0.2, 0.25) is 0 Å². The fourth-order valence-electron chi connectivity index (χ4n) is 2.25. The highest BCUT2D eigenvalue weighted by Crippen LogP contribution is 2.25. The van der Waals surface area contributed by atoms with Gasteiger partial charge in [0.15, 0.2) is 0 Å². The van der Waals surface area contributed by atoms with Crippen LogP contribution in [0.4, 0.5) is 0 Å². The molecule has 5 nitrogen and oxygen atoms in total. The quantitative estimate of drug-likeness (QED) is 0.836. The van der Waals surface area contributed by atoms with E-state index in [1.165, 1.54) is 11.4 Å². The Morgan fingerprint density at radius 2 is 2.21 bits per heavy atom. The van der Waals surface area contributed by atoms with Gasteiger partial charge in [-0.25, -0.2) is 8.42 Å². The van der Waals surface area contributed by atoms with Gasteiger partial charge in [0, 0.05) is 19.6 Å². The Bertz CT molecular complexity index is 557. The molecule has 19 heavy (non-hydrogen) atoms. The zero-order valence-electron chi connectivity index (χ0n) is 11.3. The lowest BCUT2D eigenvalue weighted by Gasteiger charge is -2.26. The fourth-order valence-corrected chi connectivity index (χ4v) is 3.89. The minimum Gasteiger partial charge on any atom is -0.395 e. The third-order valence-electron chi connectivity index (χ3n) is 3.64. The predicted molar refractivity (Wildman–Crippen MR) is 73.3 cm³/mol. The van der Waals surface area contributed by atoms with Crippen LogP contribution in [0.25, 0.3) is 0 Å². The number of hydrogen-bond donors (Lipinski definition) is 2. The maximum absolute atomic E-state index is 12.6. The van der Waals surface area contributed by atoms with Gasteiger partial charge in [-0.15, -0.1) is 0 Å². The summed E-state index contributed by atoms with van der Waals surface area (Å²) in [5.41, 5.74) is 1.94. The van der Waals surface area contributed by atoms with Gasteiger partial charge in [-0.05, 0) is 37.1 Å². The van der Waals surface area contributed by atoms with E-state index in [1.54, 1.807) is 19.1 Å². The van der Waals surface area contributed by atoms with E-state index in [-0.39, 0.29) is 6.61 Å². The van der Waals surface area contributed by atoms with Gasteiger partial charge in [0.25, 0.3) is 0 Å². The lowest BCUT2D eigenvalue weighted by atomic mass is 10.0. The normalized spacial score (nSPS) is 17.3. The molecule has 0 amide bonds. The smallest absolute Gasteiger partial charge is 0.243 e. The average Bonchev–Trinajstić information content (AvgIpc) is 2.44. The molecule has 6 heteroatoms. The Labute approximate surface area is 114 Å². The first kappa shape index (κ1) is 14.5. The van der Waals surface area contributed by atoms with Crippen molar-refractivity contribution >= 4 is 10.0 Å². The van der Waals surface area contributed by atoms with Crippen LogP contribution < -0.4 is 5.32 Å². The number of benzene rings is 1. The molecule has 0 saturated heterocycles. The summed E-state index contributed by atoms with van der Waals surface area (Å²) < 4.78 is 26.4. The van der Waals surface area contributed by atoms with Crippen LogP contribution in [0.5, 0.6) is 0 Å². The zero-order valence-corrected chi connectivity index (χ0v) is 12.1. The van der Waals surface area contributed by atoms with Gasteiger partial charge in [0.1, 0.15) is 0 Å². The predicted octanol–water partition coefficient (Wildman–Crippen LogP) is 0.334. The number of nitrogens with one attached hydrogen (secondary N) is 1. The Morgan fingerprint density at radius 1 is 1.47 bits per heavy atom. The van der Waals surface area contributed by atoms with Gasteiger partial charge in [-0.2, -0.15) is 4.31 Å². The van der Waals surface area contributed by atoms with Crippen LogP contribution in [0.15, 0.2) is 23.1 Å². The maximum atomic E-state index is 12.6. The first-order valence-corrected chi connectivity index (χ1v) is 7.83. The highest BCUT2D eigenvalue weighted by molar-refractivity contribution is 7.89. The Kier molecular flexibility index (Phi) is 4.25. The van der Waals surface area contributed by atoms with Crippen LogP contribution in [-0.2, 0) is 23.0 Å². The van der Waals surface area contributed by atoms with E-state index in [0.29, 0.717) is 17.9 Å². The molecule has 1 atom stereocenters. The second kappa shape index (κ2) is 5.58. The van der Waals surface area contributed by atoms with E-state index in [1.807, 2.05) is 6.07 Å². The Morgan fingerprint density at radius 3 is 2.89 bits per heavy atom. The molecule has 1 aromatic rings. The van der Waals surface area contributed by atoms with E-state index in [4.69, 9.17) is 5.11 Å². The molecular weight excluding hydrogens is 264 g/mol. The van der Waals surface area contributed by atoms with Crippen molar-refractivity contribution in [2.45, 2.75) is 30.8 Å². The number of aliphatic hydroxyl groups is 1. The topological polar surface area (TPSA) is 69.6 Å². The zero-order chi connectivity index (χ0) is 14.0. The summed E-state index contributed by atoms with van der Waals surface area (Å²) in [7, 11) is -2.04. The second-order valence-electron chi connectivity index (χ2n) is 4.87. The molecule has 0 bridgehead atoms. The van der Waals surface area contributed by atoms with Crippen LogP contribution >= 0.6 is 0 Å². The summed E-state index contributed by atoms with van der Waals surface area (Å²) in [4.78, 5) is 0.370. The minimum atomic E-state index is -3.55. The molecule has 0 spiro atoms. The van der Waals surface area contributed by atoms with Crippen molar-refractivity contribution in [2.75, 3.05) is 20.2 Å². The summed E-state index contributed by atoms with van der Waals surface area (Å²) in [6.07, 6.45) is 0.714. The van der Waals surface area contributed by atoms with Gasteiger partial charge >= 0.3 is 0 Å².